The first-order chi connectivity index (χ1) is 15.0. The van der Waals surface area contributed by atoms with Crippen LogP contribution in [0.1, 0.15) is 29.9 Å². The summed E-state index contributed by atoms with van der Waals surface area (Å²) < 4.78 is 15.8. The number of halogens is 2. The quantitative estimate of drug-likeness (QED) is 0.525. The minimum Gasteiger partial charge on any atom is -0.352 e. The van der Waals surface area contributed by atoms with Crippen LogP contribution >= 0.6 is 23.8 Å². The smallest absolute Gasteiger partial charge is 0.170 e. The van der Waals surface area contributed by atoms with E-state index in [1.54, 1.807) is 18.3 Å². The minimum atomic E-state index is -0.431. The van der Waals surface area contributed by atoms with Crippen LogP contribution in [0.2, 0.25) is 5.02 Å². The summed E-state index contributed by atoms with van der Waals surface area (Å²) in [6.07, 6.45) is 4.74. The molecule has 3 aromatic rings. The van der Waals surface area contributed by atoms with Gasteiger partial charge in [0.15, 0.2) is 5.11 Å². The zero-order valence-electron chi connectivity index (χ0n) is 17.5. The molecule has 31 heavy (non-hydrogen) atoms. The third kappa shape index (κ3) is 4.59. The van der Waals surface area contributed by atoms with Crippen molar-refractivity contribution < 1.29 is 4.39 Å². The van der Waals surface area contributed by atoms with E-state index in [0.717, 1.165) is 36.6 Å². The van der Waals surface area contributed by atoms with Gasteiger partial charge in [-0.05, 0) is 81.7 Å². The van der Waals surface area contributed by atoms with E-state index in [1.807, 2.05) is 35.0 Å². The maximum Gasteiger partial charge on any atom is 0.170 e. The summed E-state index contributed by atoms with van der Waals surface area (Å²) in [6, 6.07) is 14.6. The van der Waals surface area contributed by atoms with Gasteiger partial charge in [0.1, 0.15) is 5.82 Å². The fourth-order valence-corrected chi connectivity index (χ4v) is 4.54. The van der Waals surface area contributed by atoms with E-state index in [-0.39, 0.29) is 17.1 Å². The van der Waals surface area contributed by atoms with Crippen LogP contribution in [0.25, 0.3) is 5.69 Å². The lowest BCUT2D eigenvalue weighted by molar-refractivity contribution is 0.286. The van der Waals surface area contributed by atoms with Crippen LogP contribution in [-0.2, 0) is 0 Å². The number of hydrogen-bond acceptors (Lipinski definition) is 3. The van der Waals surface area contributed by atoms with Crippen LogP contribution in [0.15, 0.2) is 60.9 Å². The monoisotopic (exact) mass is 457 g/mol. The van der Waals surface area contributed by atoms with Crippen LogP contribution in [0.4, 0.5) is 4.39 Å². The Bertz CT molecular complexity index is 1060. The summed E-state index contributed by atoms with van der Waals surface area (Å²) in [7, 11) is 4.14. The molecule has 1 fully saturated rings. The molecule has 1 saturated heterocycles. The average molecular weight is 458 g/mol. The number of pyridine rings is 1. The maximum absolute atomic E-state index is 13.8. The molecule has 162 valence electrons. The van der Waals surface area contributed by atoms with Crippen LogP contribution in [-0.4, -0.2) is 51.6 Å². The topological polar surface area (TPSA) is 36.3 Å². The second-order valence-electron chi connectivity index (χ2n) is 7.88. The van der Waals surface area contributed by atoms with Gasteiger partial charge in [0.05, 0.1) is 22.8 Å². The van der Waals surface area contributed by atoms with Gasteiger partial charge >= 0.3 is 0 Å². The van der Waals surface area contributed by atoms with E-state index in [9.17, 15) is 4.39 Å². The molecular weight excluding hydrogens is 433 g/mol. The molecule has 8 heteroatoms. The normalized spacial score (nSPS) is 18.6. The number of hydrogen-bond donors (Lipinski definition) is 1. The van der Waals surface area contributed by atoms with E-state index < -0.39 is 5.82 Å². The Morgan fingerprint density at radius 2 is 2.03 bits per heavy atom. The fourth-order valence-electron chi connectivity index (χ4n) is 4.03. The molecule has 0 saturated carbocycles. The van der Waals surface area contributed by atoms with E-state index in [4.69, 9.17) is 23.8 Å². The molecule has 0 bridgehead atoms. The SMILES string of the molecule is CN(C)CCCN1C(=S)NC(c2ccccn2)C1c1cccn1-c1ccc(F)c(Cl)c1. The second kappa shape index (κ2) is 9.34. The van der Waals surface area contributed by atoms with Crippen LogP contribution in [0.5, 0.6) is 0 Å². The van der Waals surface area contributed by atoms with Gasteiger partial charge in [0.25, 0.3) is 0 Å². The summed E-state index contributed by atoms with van der Waals surface area (Å²) in [5.74, 6) is -0.431. The summed E-state index contributed by atoms with van der Waals surface area (Å²) in [4.78, 5) is 8.99. The predicted octanol–water partition coefficient (Wildman–Crippen LogP) is 4.59. The molecule has 0 radical (unpaired) electrons. The molecule has 1 N–H and O–H groups in total. The van der Waals surface area contributed by atoms with E-state index in [1.165, 1.54) is 6.07 Å². The average Bonchev–Trinajstić information content (AvgIpc) is 3.35. The van der Waals surface area contributed by atoms with Crippen molar-refractivity contribution in [2.75, 3.05) is 27.2 Å². The van der Waals surface area contributed by atoms with Gasteiger partial charge in [0.2, 0.25) is 0 Å². The number of aromatic nitrogens is 2. The largest absolute Gasteiger partial charge is 0.352 e. The molecule has 2 atom stereocenters. The Hall–Kier alpha value is -2.48. The maximum atomic E-state index is 13.8. The van der Waals surface area contributed by atoms with Crippen molar-refractivity contribution in [1.29, 1.82) is 0 Å². The van der Waals surface area contributed by atoms with Crippen LogP contribution < -0.4 is 5.32 Å². The summed E-state index contributed by atoms with van der Waals surface area (Å²) in [6.45, 7) is 1.78. The second-order valence-corrected chi connectivity index (χ2v) is 8.67. The summed E-state index contributed by atoms with van der Waals surface area (Å²) in [5.41, 5.74) is 2.77. The lowest BCUT2D eigenvalue weighted by Gasteiger charge is -2.29. The van der Waals surface area contributed by atoms with Crippen molar-refractivity contribution in [2.45, 2.75) is 18.5 Å². The molecule has 1 aliphatic heterocycles. The molecule has 1 aromatic carbocycles. The van der Waals surface area contributed by atoms with Crippen LogP contribution in [0, 0.1) is 5.82 Å². The zero-order chi connectivity index (χ0) is 22.0. The molecular formula is C23H25ClFN5S. The predicted molar refractivity (Wildman–Crippen MR) is 126 cm³/mol. The summed E-state index contributed by atoms with van der Waals surface area (Å²) >= 11 is 11.8. The van der Waals surface area contributed by atoms with Gasteiger partial charge in [0, 0.05) is 30.3 Å². The van der Waals surface area contributed by atoms with Gasteiger partial charge < -0.3 is 19.7 Å². The van der Waals surface area contributed by atoms with Crippen LogP contribution in [0.3, 0.4) is 0 Å². The molecule has 3 heterocycles. The van der Waals surface area contributed by atoms with Gasteiger partial charge in [-0.15, -0.1) is 0 Å². The van der Waals surface area contributed by atoms with Crippen molar-refractivity contribution in [1.82, 2.24) is 24.7 Å². The Balaban J connectivity index is 1.74. The van der Waals surface area contributed by atoms with E-state index in [0.29, 0.717) is 5.11 Å². The van der Waals surface area contributed by atoms with Gasteiger partial charge in [-0.1, -0.05) is 17.7 Å². The Morgan fingerprint density at radius 3 is 2.74 bits per heavy atom. The molecule has 2 aromatic heterocycles. The van der Waals surface area contributed by atoms with E-state index in [2.05, 4.69) is 40.3 Å². The molecule has 4 rings (SSSR count). The molecule has 0 spiro atoms. The van der Waals surface area contributed by atoms with Crippen molar-refractivity contribution in [2.24, 2.45) is 0 Å². The highest BCUT2D eigenvalue weighted by Gasteiger charge is 2.40. The first-order valence-corrected chi connectivity index (χ1v) is 11.0. The Kier molecular flexibility index (Phi) is 6.55. The minimum absolute atomic E-state index is 0.0663. The van der Waals surface area contributed by atoms with Gasteiger partial charge in [-0.3, -0.25) is 4.98 Å². The zero-order valence-corrected chi connectivity index (χ0v) is 19.1. The first kappa shape index (κ1) is 21.7. The van der Waals surface area contributed by atoms with Crippen molar-refractivity contribution in [3.8, 4) is 5.69 Å². The first-order valence-electron chi connectivity index (χ1n) is 10.2. The number of rotatable bonds is 7. The summed E-state index contributed by atoms with van der Waals surface area (Å²) in [5, 5.41) is 4.29. The molecule has 0 aliphatic carbocycles. The standard InChI is InChI=1S/C23H25ClFN5S/c1-28(2)12-6-14-30-22(21(27-23(30)31)19-7-3-4-11-26-19)20-8-5-13-29(20)16-9-10-18(25)17(24)15-16/h3-5,7-11,13,15,21-22H,6,12,14H2,1-2H3,(H,27,31). The van der Waals surface area contributed by atoms with Crippen molar-refractivity contribution in [3.05, 3.63) is 83.2 Å². The number of nitrogens with one attached hydrogen (secondary N) is 1. The Labute approximate surface area is 192 Å². The molecule has 5 nitrogen and oxygen atoms in total. The third-order valence-electron chi connectivity index (χ3n) is 5.47. The highest BCUT2D eigenvalue weighted by Crippen LogP contribution is 2.39. The molecule has 0 amide bonds. The highest BCUT2D eigenvalue weighted by molar-refractivity contribution is 7.80. The van der Waals surface area contributed by atoms with Gasteiger partial charge in [-0.2, -0.15) is 0 Å². The number of thiocarbonyl (C=S) groups is 1. The van der Waals surface area contributed by atoms with Crippen molar-refractivity contribution >= 4 is 28.9 Å². The molecule has 2 unspecified atom stereocenters. The van der Waals surface area contributed by atoms with Gasteiger partial charge in [-0.25, -0.2) is 4.39 Å². The highest BCUT2D eigenvalue weighted by atomic mass is 35.5. The Morgan fingerprint density at radius 1 is 1.19 bits per heavy atom. The number of nitrogens with zero attached hydrogens (tertiary/aromatic N) is 4. The van der Waals surface area contributed by atoms with E-state index >= 15 is 0 Å². The third-order valence-corrected chi connectivity index (χ3v) is 6.11. The van der Waals surface area contributed by atoms with Crippen molar-refractivity contribution in [3.63, 3.8) is 0 Å². The number of benzene rings is 1. The fraction of sp³-hybridized carbons (Fsp3) is 0.304. The lowest BCUT2D eigenvalue weighted by atomic mass is 10.0. The lowest BCUT2D eigenvalue weighted by Crippen LogP contribution is -2.33. The molecule has 1 aliphatic rings.